The van der Waals surface area contributed by atoms with E-state index in [1.54, 1.807) is 17.9 Å². The number of anilines is 2. The molecule has 0 spiro atoms. The molecule has 5 heteroatoms. The number of carbonyl (C=O) groups is 2. The Kier molecular flexibility index (Phi) is 5.29. The monoisotopic (exact) mass is 386 g/mol. The maximum atomic E-state index is 13.4. The van der Waals surface area contributed by atoms with Crippen LogP contribution in [0.15, 0.2) is 84.9 Å². The number of amides is 2. The molecule has 0 fully saturated rings. The Bertz CT molecular complexity index is 1000. The number of carbonyl (C=O) groups excluding carboxylic acids is 2. The predicted octanol–water partition coefficient (Wildman–Crippen LogP) is 4.03. The van der Waals surface area contributed by atoms with Gasteiger partial charge in [0.25, 0.3) is 5.91 Å². The van der Waals surface area contributed by atoms with Crippen LogP contribution in [0.3, 0.4) is 0 Å². The van der Waals surface area contributed by atoms with Crippen molar-refractivity contribution >= 4 is 23.2 Å². The molecule has 1 atom stereocenters. The fraction of sp³-hybridized carbons (Fsp3) is 0.167. The highest BCUT2D eigenvalue weighted by Gasteiger charge is 2.33. The molecule has 0 bridgehead atoms. The summed E-state index contributed by atoms with van der Waals surface area (Å²) < 4.78 is 5.68. The van der Waals surface area contributed by atoms with E-state index in [-0.39, 0.29) is 18.4 Å². The lowest BCUT2D eigenvalue weighted by atomic mass is 10.1. The molecule has 4 rings (SSSR count). The summed E-state index contributed by atoms with van der Waals surface area (Å²) in [6, 6.07) is 26.6. The van der Waals surface area contributed by atoms with Crippen LogP contribution in [0.5, 0.6) is 5.75 Å². The fourth-order valence-electron chi connectivity index (χ4n) is 3.44. The smallest absolute Gasteiger partial charge is 0.268 e. The Balaban J connectivity index is 1.64. The van der Waals surface area contributed by atoms with Gasteiger partial charge < -0.3 is 9.64 Å². The van der Waals surface area contributed by atoms with Crippen LogP contribution < -0.4 is 14.5 Å². The van der Waals surface area contributed by atoms with Crippen molar-refractivity contribution in [2.75, 3.05) is 16.3 Å². The lowest BCUT2D eigenvalue weighted by molar-refractivity contribution is -0.127. The highest BCUT2D eigenvalue weighted by molar-refractivity contribution is 6.06. The first-order valence-electron chi connectivity index (χ1n) is 9.60. The first-order valence-corrected chi connectivity index (χ1v) is 9.60. The standard InChI is InChI=1S/C24H22N2O3/c1-18-24(28)26(21-14-8-9-15-22(21)29-18)17-23(27)25(20-12-6-3-7-13-20)16-19-10-4-2-5-11-19/h2-15,18H,16-17H2,1H3. The van der Waals surface area contributed by atoms with Crippen LogP contribution in [-0.4, -0.2) is 24.5 Å². The maximum absolute atomic E-state index is 13.4. The molecule has 0 aliphatic carbocycles. The molecule has 1 aliphatic heterocycles. The highest BCUT2D eigenvalue weighted by Crippen LogP contribution is 2.33. The molecule has 0 aromatic heterocycles. The third kappa shape index (κ3) is 3.99. The zero-order valence-corrected chi connectivity index (χ0v) is 16.2. The van der Waals surface area contributed by atoms with Gasteiger partial charge in [-0.15, -0.1) is 0 Å². The number of fused-ring (bicyclic) bond motifs is 1. The van der Waals surface area contributed by atoms with Crippen LogP contribution in [0.25, 0.3) is 0 Å². The van der Waals surface area contributed by atoms with Gasteiger partial charge in [-0.3, -0.25) is 14.5 Å². The molecule has 3 aromatic rings. The van der Waals surface area contributed by atoms with Crippen molar-refractivity contribution in [3.63, 3.8) is 0 Å². The third-order valence-corrected chi connectivity index (χ3v) is 4.92. The molecule has 0 N–H and O–H groups in total. The van der Waals surface area contributed by atoms with Crippen molar-refractivity contribution in [2.45, 2.75) is 19.6 Å². The quantitative estimate of drug-likeness (QED) is 0.665. The number of rotatable bonds is 5. The van der Waals surface area contributed by atoms with Gasteiger partial charge in [0.05, 0.1) is 12.2 Å². The molecule has 0 saturated heterocycles. The van der Waals surface area contributed by atoms with E-state index >= 15 is 0 Å². The van der Waals surface area contributed by atoms with E-state index in [2.05, 4.69) is 0 Å². The van der Waals surface area contributed by atoms with Crippen molar-refractivity contribution < 1.29 is 14.3 Å². The summed E-state index contributed by atoms with van der Waals surface area (Å²) in [6.07, 6.45) is -0.628. The summed E-state index contributed by atoms with van der Waals surface area (Å²) in [6.45, 7) is 2.08. The highest BCUT2D eigenvalue weighted by atomic mass is 16.5. The van der Waals surface area contributed by atoms with Crippen molar-refractivity contribution in [2.24, 2.45) is 0 Å². The van der Waals surface area contributed by atoms with Gasteiger partial charge in [0, 0.05) is 5.69 Å². The zero-order chi connectivity index (χ0) is 20.2. The SMILES string of the molecule is CC1Oc2ccccc2N(CC(=O)N(Cc2ccccc2)c2ccccc2)C1=O. The molecule has 3 aromatic carbocycles. The van der Waals surface area contributed by atoms with Crippen LogP contribution in [0.2, 0.25) is 0 Å². The summed E-state index contributed by atoms with van der Waals surface area (Å²) in [4.78, 5) is 29.4. The lowest BCUT2D eigenvalue weighted by Crippen LogP contribution is -2.49. The van der Waals surface area contributed by atoms with Crippen molar-refractivity contribution in [1.82, 2.24) is 0 Å². The largest absolute Gasteiger partial charge is 0.479 e. The van der Waals surface area contributed by atoms with E-state index in [1.165, 1.54) is 4.90 Å². The minimum atomic E-state index is -0.628. The fourth-order valence-corrected chi connectivity index (χ4v) is 3.44. The van der Waals surface area contributed by atoms with Gasteiger partial charge in [-0.1, -0.05) is 60.7 Å². The zero-order valence-electron chi connectivity index (χ0n) is 16.2. The molecule has 1 aliphatic rings. The first-order chi connectivity index (χ1) is 14.1. The average Bonchev–Trinajstić information content (AvgIpc) is 2.76. The molecule has 0 radical (unpaired) electrons. The summed E-state index contributed by atoms with van der Waals surface area (Å²) in [5.41, 5.74) is 2.44. The summed E-state index contributed by atoms with van der Waals surface area (Å²) >= 11 is 0. The molecule has 29 heavy (non-hydrogen) atoms. The van der Waals surface area contributed by atoms with E-state index in [9.17, 15) is 9.59 Å². The number of hydrogen-bond acceptors (Lipinski definition) is 3. The van der Waals surface area contributed by atoms with E-state index in [4.69, 9.17) is 4.74 Å². The molecule has 2 amide bonds. The summed E-state index contributed by atoms with van der Waals surface area (Å²) in [5.74, 6) is 0.240. The van der Waals surface area contributed by atoms with Crippen LogP contribution >= 0.6 is 0 Å². The number of hydrogen-bond donors (Lipinski definition) is 0. The van der Waals surface area contributed by atoms with Crippen LogP contribution in [0, 0.1) is 0 Å². The molecular formula is C24H22N2O3. The van der Waals surface area contributed by atoms with E-state index in [1.807, 2.05) is 78.9 Å². The molecule has 0 saturated carbocycles. The molecule has 5 nitrogen and oxygen atoms in total. The second kappa shape index (κ2) is 8.19. The first kappa shape index (κ1) is 18.7. The van der Waals surface area contributed by atoms with Crippen molar-refractivity contribution in [3.05, 3.63) is 90.5 Å². The van der Waals surface area contributed by atoms with Gasteiger partial charge in [0.1, 0.15) is 12.3 Å². The van der Waals surface area contributed by atoms with Crippen LogP contribution in [0.1, 0.15) is 12.5 Å². The number of benzene rings is 3. The maximum Gasteiger partial charge on any atom is 0.268 e. The number of para-hydroxylation sites is 3. The van der Waals surface area contributed by atoms with Gasteiger partial charge in [-0.2, -0.15) is 0 Å². The Morgan fingerprint density at radius 3 is 2.28 bits per heavy atom. The van der Waals surface area contributed by atoms with E-state index in [0.717, 1.165) is 11.3 Å². The molecule has 1 heterocycles. The van der Waals surface area contributed by atoms with Gasteiger partial charge in [0.2, 0.25) is 5.91 Å². The number of nitrogens with zero attached hydrogens (tertiary/aromatic N) is 2. The Morgan fingerprint density at radius 2 is 1.55 bits per heavy atom. The van der Waals surface area contributed by atoms with Gasteiger partial charge >= 0.3 is 0 Å². The van der Waals surface area contributed by atoms with Crippen LogP contribution in [-0.2, 0) is 16.1 Å². The molecule has 146 valence electrons. The third-order valence-electron chi connectivity index (χ3n) is 4.92. The minimum absolute atomic E-state index is 0.0503. The Labute approximate surface area is 170 Å². The summed E-state index contributed by atoms with van der Waals surface area (Å²) in [7, 11) is 0. The van der Waals surface area contributed by atoms with Gasteiger partial charge in [0.15, 0.2) is 6.10 Å². The molecule has 1 unspecified atom stereocenters. The van der Waals surface area contributed by atoms with E-state index < -0.39 is 6.10 Å². The summed E-state index contributed by atoms with van der Waals surface area (Å²) in [5, 5.41) is 0. The Hall–Kier alpha value is -3.60. The second-order valence-corrected chi connectivity index (χ2v) is 6.95. The van der Waals surface area contributed by atoms with Crippen molar-refractivity contribution in [1.29, 1.82) is 0 Å². The Morgan fingerprint density at radius 1 is 0.931 bits per heavy atom. The van der Waals surface area contributed by atoms with Gasteiger partial charge in [-0.25, -0.2) is 0 Å². The van der Waals surface area contributed by atoms with Gasteiger partial charge in [-0.05, 0) is 36.8 Å². The number of ether oxygens (including phenoxy) is 1. The van der Waals surface area contributed by atoms with Crippen molar-refractivity contribution in [3.8, 4) is 5.75 Å². The topological polar surface area (TPSA) is 49.9 Å². The van der Waals surface area contributed by atoms with Crippen LogP contribution in [0.4, 0.5) is 11.4 Å². The predicted molar refractivity (Wildman–Crippen MR) is 113 cm³/mol. The lowest BCUT2D eigenvalue weighted by Gasteiger charge is -2.34. The minimum Gasteiger partial charge on any atom is -0.479 e. The second-order valence-electron chi connectivity index (χ2n) is 6.95. The normalized spacial score (nSPS) is 15.4. The molecular weight excluding hydrogens is 364 g/mol. The average molecular weight is 386 g/mol. The van der Waals surface area contributed by atoms with E-state index in [0.29, 0.717) is 18.0 Å².